The number of benzene rings is 1. The zero-order valence-electron chi connectivity index (χ0n) is 15.7. The Kier molecular flexibility index (Phi) is 4.84. The average molecular weight is 412 g/mol. The van der Waals surface area contributed by atoms with Crippen molar-refractivity contribution in [2.24, 2.45) is 0 Å². The zero-order chi connectivity index (χ0) is 20.3. The summed E-state index contributed by atoms with van der Waals surface area (Å²) < 4.78 is 0. The molecule has 5 rings (SSSR count). The van der Waals surface area contributed by atoms with Gasteiger partial charge in [-0.25, -0.2) is 15.0 Å². The predicted octanol–water partition coefficient (Wildman–Crippen LogP) is 4.13. The van der Waals surface area contributed by atoms with Gasteiger partial charge in [0, 0.05) is 40.8 Å². The maximum atomic E-state index is 11.2. The number of hydrogen-bond acceptors (Lipinski definition) is 7. The number of nitrogens with zero attached hydrogens (tertiary/aromatic N) is 5. The van der Waals surface area contributed by atoms with Crippen LogP contribution in [-0.2, 0) is 0 Å². The van der Waals surface area contributed by atoms with E-state index in [2.05, 4.69) is 30.1 Å². The number of H-pyrrole nitrogens is 1. The maximum absolute atomic E-state index is 11.2. The SMILES string of the molecule is OC(c1ccc(-c2cncnc2)cc1)c1cc(-c2ccncc2)sc1-c1ncn[nH]1. The minimum absolute atomic E-state index is 0.632. The zero-order valence-corrected chi connectivity index (χ0v) is 16.5. The van der Waals surface area contributed by atoms with Crippen molar-refractivity contribution in [3.05, 3.63) is 91.0 Å². The average Bonchev–Trinajstić information content (AvgIpc) is 3.50. The second kappa shape index (κ2) is 7.94. The Balaban J connectivity index is 1.53. The third kappa shape index (κ3) is 3.49. The molecule has 0 saturated heterocycles. The van der Waals surface area contributed by atoms with Crippen LogP contribution in [0.2, 0.25) is 0 Å². The van der Waals surface area contributed by atoms with Crippen LogP contribution in [0, 0.1) is 0 Å². The molecule has 30 heavy (non-hydrogen) atoms. The highest BCUT2D eigenvalue weighted by molar-refractivity contribution is 7.19. The fraction of sp³-hybridized carbons (Fsp3) is 0.0455. The van der Waals surface area contributed by atoms with Gasteiger partial charge in [-0.3, -0.25) is 10.1 Å². The number of aromatic amines is 1. The van der Waals surface area contributed by atoms with Crippen LogP contribution in [0.1, 0.15) is 17.2 Å². The molecule has 1 atom stereocenters. The molecule has 1 unspecified atom stereocenters. The Labute approximate surface area is 176 Å². The van der Waals surface area contributed by atoms with Gasteiger partial charge in [0.2, 0.25) is 0 Å². The molecule has 2 N–H and O–H groups in total. The van der Waals surface area contributed by atoms with Crippen molar-refractivity contribution in [2.45, 2.75) is 6.10 Å². The van der Waals surface area contributed by atoms with E-state index in [0.717, 1.165) is 37.6 Å². The fourth-order valence-electron chi connectivity index (χ4n) is 3.25. The number of rotatable bonds is 5. The van der Waals surface area contributed by atoms with Gasteiger partial charge >= 0.3 is 0 Å². The van der Waals surface area contributed by atoms with Gasteiger partial charge < -0.3 is 5.11 Å². The molecule has 1 aromatic carbocycles. The van der Waals surface area contributed by atoms with E-state index in [1.807, 2.05) is 42.5 Å². The van der Waals surface area contributed by atoms with Crippen LogP contribution in [0.25, 0.3) is 32.3 Å². The van der Waals surface area contributed by atoms with E-state index in [9.17, 15) is 5.11 Å². The van der Waals surface area contributed by atoms with Crippen LogP contribution >= 0.6 is 11.3 Å². The molecule has 0 fully saturated rings. The third-order valence-electron chi connectivity index (χ3n) is 4.77. The lowest BCUT2D eigenvalue weighted by molar-refractivity contribution is 0.221. The van der Waals surface area contributed by atoms with Crippen LogP contribution in [-0.4, -0.2) is 35.2 Å². The molecular formula is C22H16N6OS. The van der Waals surface area contributed by atoms with Crippen molar-refractivity contribution in [2.75, 3.05) is 0 Å². The number of pyridine rings is 1. The highest BCUT2D eigenvalue weighted by Crippen LogP contribution is 2.41. The summed E-state index contributed by atoms with van der Waals surface area (Å²) in [6.45, 7) is 0. The Morgan fingerprint density at radius 1 is 0.833 bits per heavy atom. The summed E-state index contributed by atoms with van der Waals surface area (Å²) in [6, 6.07) is 13.7. The second-order valence-corrected chi connectivity index (χ2v) is 7.67. The molecule has 146 valence electrons. The van der Waals surface area contributed by atoms with E-state index in [1.165, 1.54) is 12.7 Å². The van der Waals surface area contributed by atoms with Gasteiger partial charge in [-0.05, 0) is 34.9 Å². The monoisotopic (exact) mass is 412 g/mol. The van der Waals surface area contributed by atoms with E-state index in [4.69, 9.17) is 0 Å². The molecule has 4 heterocycles. The number of aromatic nitrogens is 6. The van der Waals surface area contributed by atoms with E-state index in [1.54, 1.807) is 36.1 Å². The van der Waals surface area contributed by atoms with Crippen LogP contribution in [0.3, 0.4) is 0 Å². The first-order chi connectivity index (χ1) is 14.8. The minimum Gasteiger partial charge on any atom is -0.384 e. The van der Waals surface area contributed by atoms with Crippen molar-refractivity contribution in [3.8, 4) is 32.3 Å². The minimum atomic E-state index is -0.807. The van der Waals surface area contributed by atoms with E-state index in [0.29, 0.717) is 5.82 Å². The molecule has 5 aromatic rings. The predicted molar refractivity (Wildman–Crippen MR) is 114 cm³/mol. The number of nitrogens with one attached hydrogen (secondary N) is 1. The molecule has 0 aliphatic rings. The van der Waals surface area contributed by atoms with Crippen LogP contribution in [0.4, 0.5) is 0 Å². The van der Waals surface area contributed by atoms with Gasteiger partial charge in [-0.1, -0.05) is 24.3 Å². The molecule has 4 aromatic heterocycles. The Morgan fingerprint density at radius 3 is 2.30 bits per heavy atom. The van der Waals surface area contributed by atoms with Gasteiger partial charge in [0.15, 0.2) is 5.82 Å². The number of aliphatic hydroxyl groups is 1. The van der Waals surface area contributed by atoms with Gasteiger partial charge in [-0.15, -0.1) is 11.3 Å². The van der Waals surface area contributed by atoms with E-state index in [-0.39, 0.29) is 0 Å². The summed E-state index contributed by atoms with van der Waals surface area (Å²) in [5, 5.41) is 18.1. The second-order valence-electron chi connectivity index (χ2n) is 6.62. The van der Waals surface area contributed by atoms with E-state index >= 15 is 0 Å². The summed E-state index contributed by atoms with van der Waals surface area (Å²) in [5.41, 5.74) is 4.52. The molecule has 0 amide bonds. The van der Waals surface area contributed by atoms with Crippen LogP contribution < -0.4 is 0 Å². The molecule has 7 nitrogen and oxygen atoms in total. The smallest absolute Gasteiger partial charge is 0.165 e. The quantitative estimate of drug-likeness (QED) is 0.450. The molecule has 0 aliphatic carbocycles. The molecule has 0 aliphatic heterocycles. The molecule has 0 spiro atoms. The Bertz CT molecular complexity index is 1240. The molecular weight excluding hydrogens is 396 g/mol. The summed E-state index contributed by atoms with van der Waals surface area (Å²) >= 11 is 1.56. The van der Waals surface area contributed by atoms with Crippen molar-refractivity contribution in [3.63, 3.8) is 0 Å². The first-order valence-corrected chi connectivity index (χ1v) is 10.0. The highest BCUT2D eigenvalue weighted by atomic mass is 32.1. The largest absolute Gasteiger partial charge is 0.384 e. The third-order valence-corrected chi connectivity index (χ3v) is 5.98. The van der Waals surface area contributed by atoms with Crippen LogP contribution in [0.5, 0.6) is 0 Å². The summed E-state index contributed by atoms with van der Waals surface area (Å²) in [5.74, 6) is 0.632. The van der Waals surface area contributed by atoms with Gasteiger partial charge in [0.25, 0.3) is 0 Å². The first-order valence-electron chi connectivity index (χ1n) is 9.23. The van der Waals surface area contributed by atoms with Gasteiger partial charge in [0.1, 0.15) is 18.8 Å². The summed E-state index contributed by atoms with van der Waals surface area (Å²) in [6.07, 6.45) is 9.20. The molecule has 0 radical (unpaired) electrons. The number of thiophene rings is 1. The highest BCUT2D eigenvalue weighted by Gasteiger charge is 2.22. The van der Waals surface area contributed by atoms with Crippen molar-refractivity contribution < 1.29 is 5.11 Å². The van der Waals surface area contributed by atoms with Crippen molar-refractivity contribution in [1.82, 2.24) is 30.1 Å². The lowest BCUT2D eigenvalue weighted by Gasteiger charge is -2.12. The fourth-order valence-corrected chi connectivity index (χ4v) is 4.40. The summed E-state index contributed by atoms with van der Waals surface area (Å²) in [4.78, 5) is 18.4. The lowest BCUT2D eigenvalue weighted by Crippen LogP contribution is -2.00. The lowest BCUT2D eigenvalue weighted by atomic mass is 9.98. The number of hydrogen-bond donors (Lipinski definition) is 2. The Morgan fingerprint density at radius 2 is 1.60 bits per heavy atom. The van der Waals surface area contributed by atoms with Crippen molar-refractivity contribution in [1.29, 1.82) is 0 Å². The van der Waals surface area contributed by atoms with Gasteiger partial charge in [0.05, 0.1) is 4.88 Å². The summed E-state index contributed by atoms with van der Waals surface area (Å²) in [7, 11) is 0. The standard InChI is InChI=1S/C22H16N6OS/c29-20(16-3-1-14(2-4-16)17-10-24-12-25-11-17)18-9-19(15-5-7-23-8-6-15)30-21(18)22-26-13-27-28-22/h1-13,20,29H,(H,26,27,28). The molecule has 0 bridgehead atoms. The molecule has 8 heteroatoms. The first kappa shape index (κ1) is 18.3. The van der Waals surface area contributed by atoms with E-state index < -0.39 is 6.10 Å². The van der Waals surface area contributed by atoms with Crippen molar-refractivity contribution >= 4 is 11.3 Å². The van der Waals surface area contributed by atoms with Gasteiger partial charge in [-0.2, -0.15) is 5.10 Å². The normalized spacial score (nSPS) is 12.0. The van der Waals surface area contributed by atoms with Crippen LogP contribution in [0.15, 0.2) is 79.9 Å². The Hall–Kier alpha value is -3.75. The topological polar surface area (TPSA) is 100 Å². The maximum Gasteiger partial charge on any atom is 0.165 e. The molecule has 0 saturated carbocycles. The number of aliphatic hydroxyl groups excluding tert-OH is 1.